The predicted molar refractivity (Wildman–Crippen MR) is 197 cm³/mol. The molecule has 2 atom stereocenters. The van der Waals surface area contributed by atoms with E-state index in [9.17, 15) is 0 Å². The van der Waals surface area contributed by atoms with Gasteiger partial charge in [0.2, 0.25) is 0 Å². The van der Waals surface area contributed by atoms with E-state index >= 15 is 0 Å². The maximum atomic E-state index is 8.48. The fraction of sp³-hybridized carbons (Fsp3) is 0.333. The predicted octanol–water partition coefficient (Wildman–Crippen LogP) is 13.5. The van der Waals surface area contributed by atoms with Crippen LogP contribution in [0.15, 0.2) is 59.7 Å². The van der Waals surface area contributed by atoms with Gasteiger partial charge in [-0.15, -0.1) is 0 Å². The molecule has 6 rings (SSSR count). The molecule has 0 amide bonds. The molecule has 2 aliphatic carbocycles. The van der Waals surface area contributed by atoms with Crippen LogP contribution in [0.2, 0.25) is 4.13 Å². The summed E-state index contributed by atoms with van der Waals surface area (Å²) in [5.74, 6) is 0. The number of fused-ring (bicyclic) bond motifs is 2. The van der Waals surface area contributed by atoms with Crippen molar-refractivity contribution in [3.05, 3.63) is 126 Å². The summed E-state index contributed by atoms with van der Waals surface area (Å²) >= 11 is -4.84. The van der Waals surface area contributed by atoms with E-state index in [-0.39, 0.29) is 7.25 Å². The van der Waals surface area contributed by atoms with Gasteiger partial charge >= 0.3 is 282 Å². The molecule has 2 unspecified atom stereocenters. The Morgan fingerprint density at radius 1 is 0.511 bits per heavy atom. The van der Waals surface area contributed by atoms with Gasteiger partial charge < -0.3 is 0 Å². The first-order chi connectivity index (χ1) is 21.0. The number of hydrogen-bond acceptors (Lipinski definition) is 0. The van der Waals surface area contributed by atoms with E-state index in [1.807, 2.05) is 0 Å². The Hall–Kier alpha value is -2.18. The monoisotopic (exact) mass is 711 g/mol. The molecule has 0 fully saturated rings. The molecule has 4 aromatic rings. The fourth-order valence-corrected chi connectivity index (χ4v) is 28.1. The van der Waals surface area contributed by atoms with Crippen molar-refractivity contribution in [1.82, 2.24) is 0 Å². The molecule has 2 aliphatic rings. The summed E-state index contributed by atoms with van der Waals surface area (Å²) in [6, 6.07) is 18.6. The zero-order chi connectivity index (χ0) is 32.8. The van der Waals surface area contributed by atoms with Crippen LogP contribution in [-0.4, -0.2) is 0 Å². The van der Waals surface area contributed by atoms with E-state index < -0.39 is 16.4 Å². The Bertz CT molecular complexity index is 1810. The van der Waals surface area contributed by atoms with Crippen molar-refractivity contribution < 1.29 is 16.4 Å². The first-order valence-electron chi connectivity index (χ1n) is 16.4. The van der Waals surface area contributed by atoms with Crippen molar-refractivity contribution in [1.29, 1.82) is 0 Å². The SMILES string of the molecule is C[CH2][Zr]([Cl])([Cl])([CH]1C(C)=Cc2c(-c3cc(C)cc(C)c3)cc(C)c(C)c21)[CH]1C(C)=Cc2c(-c3cc(C)cc(C)c3)cc(C)c(C)c21. The molecule has 0 aromatic heterocycles. The first kappa shape index (κ1) is 32.8. The Morgan fingerprint density at radius 2 is 0.844 bits per heavy atom. The summed E-state index contributed by atoms with van der Waals surface area (Å²) in [4.78, 5) is 0. The molecule has 4 aromatic carbocycles. The minimum atomic E-state index is -4.84. The molecular weight excluding hydrogens is 667 g/mol. The molecule has 0 radical (unpaired) electrons. The zero-order valence-electron chi connectivity index (χ0n) is 28.9. The number of hydrogen-bond donors (Lipinski definition) is 0. The molecule has 0 saturated carbocycles. The van der Waals surface area contributed by atoms with Crippen molar-refractivity contribution in [3.63, 3.8) is 0 Å². The normalized spacial score (nSPS) is 18.3. The molecule has 0 bridgehead atoms. The van der Waals surface area contributed by atoms with Crippen LogP contribution in [0.5, 0.6) is 0 Å². The van der Waals surface area contributed by atoms with E-state index in [4.69, 9.17) is 17.0 Å². The van der Waals surface area contributed by atoms with Crippen LogP contribution in [0.3, 0.4) is 0 Å². The van der Waals surface area contributed by atoms with Crippen molar-refractivity contribution in [2.45, 2.75) is 87.5 Å². The third-order valence-electron chi connectivity index (χ3n) is 11.0. The van der Waals surface area contributed by atoms with Crippen molar-refractivity contribution in [2.75, 3.05) is 0 Å². The number of halogens is 2. The summed E-state index contributed by atoms with van der Waals surface area (Å²) < 4.78 is 0.902. The van der Waals surface area contributed by atoms with E-state index in [2.05, 4.69) is 137 Å². The van der Waals surface area contributed by atoms with Gasteiger partial charge in [0, 0.05) is 0 Å². The van der Waals surface area contributed by atoms with Crippen LogP contribution < -0.4 is 0 Å². The van der Waals surface area contributed by atoms with Crippen molar-refractivity contribution in [3.8, 4) is 22.3 Å². The molecule has 0 spiro atoms. The molecule has 0 N–H and O–H groups in total. The second-order valence-electron chi connectivity index (χ2n) is 14.5. The van der Waals surface area contributed by atoms with Gasteiger partial charge in [0.1, 0.15) is 0 Å². The van der Waals surface area contributed by atoms with Crippen LogP contribution in [0.1, 0.15) is 94.8 Å². The Morgan fingerprint density at radius 3 is 1.16 bits per heavy atom. The van der Waals surface area contributed by atoms with Gasteiger partial charge in [-0.25, -0.2) is 0 Å². The van der Waals surface area contributed by atoms with Gasteiger partial charge in [0.15, 0.2) is 0 Å². The number of allylic oxidation sites excluding steroid dienone is 2. The van der Waals surface area contributed by atoms with Crippen LogP contribution in [0.25, 0.3) is 34.4 Å². The minimum absolute atomic E-state index is 0.0446. The number of benzene rings is 4. The van der Waals surface area contributed by atoms with Gasteiger partial charge in [0.05, 0.1) is 0 Å². The van der Waals surface area contributed by atoms with Crippen molar-refractivity contribution >= 4 is 29.2 Å². The van der Waals surface area contributed by atoms with E-state index in [1.54, 1.807) is 0 Å². The van der Waals surface area contributed by atoms with E-state index in [0.29, 0.717) is 0 Å². The topological polar surface area (TPSA) is 0 Å². The quantitative estimate of drug-likeness (QED) is 0.193. The second kappa shape index (κ2) is 11.2. The second-order valence-corrected chi connectivity index (χ2v) is 37.4. The van der Waals surface area contributed by atoms with Crippen LogP contribution in [0, 0.1) is 55.4 Å². The Kier molecular flexibility index (Phi) is 8.16. The molecule has 0 saturated heterocycles. The molecule has 45 heavy (non-hydrogen) atoms. The average Bonchev–Trinajstić information content (AvgIpc) is 3.50. The Labute approximate surface area is 279 Å². The number of rotatable bonds is 5. The summed E-state index contributed by atoms with van der Waals surface area (Å²) in [6.45, 7) is 24.7. The summed E-state index contributed by atoms with van der Waals surface area (Å²) in [6.07, 6.45) is 4.85. The fourth-order valence-electron chi connectivity index (χ4n) is 8.89. The van der Waals surface area contributed by atoms with Crippen LogP contribution in [0.4, 0.5) is 0 Å². The number of aryl methyl sites for hydroxylation is 6. The average molecular weight is 714 g/mol. The molecule has 0 heterocycles. The standard InChI is InChI=1S/2C20H21.C2H5.2ClH.Zr/c2*1-12-6-13(2)8-17(7-12)19-11-15(4)16(5)18-9-14(3)10-20(18)19;1-2;;;/h2*6-11H,1-5H3;1H2,2H3;2*1H;/q;;;;;+2/p-2. The van der Waals surface area contributed by atoms with E-state index in [0.717, 1.165) is 4.13 Å². The third-order valence-corrected chi connectivity index (χ3v) is 32.1. The molecule has 3 heteroatoms. The van der Waals surface area contributed by atoms with Gasteiger partial charge in [-0.3, -0.25) is 0 Å². The maximum absolute atomic E-state index is 8.48. The summed E-state index contributed by atoms with van der Waals surface area (Å²) in [5, 5.41) is 0. The van der Waals surface area contributed by atoms with Gasteiger partial charge in [-0.1, -0.05) is 0 Å². The summed E-state index contributed by atoms with van der Waals surface area (Å²) in [7, 11) is 17.0. The molecule has 233 valence electrons. The Balaban J connectivity index is 1.62. The van der Waals surface area contributed by atoms with Crippen molar-refractivity contribution in [2.24, 2.45) is 0 Å². The van der Waals surface area contributed by atoms with E-state index in [1.165, 1.54) is 100 Å². The zero-order valence-corrected chi connectivity index (χ0v) is 32.9. The molecular formula is C42H47Cl2Zr. The van der Waals surface area contributed by atoms with Gasteiger partial charge in [-0.05, 0) is 0 Å². The van der Waals surface area contributed by atoms with Gasteiger partial charge in [-0.2, -0.15) is 0 Å². The van der Waals surface area contributed by atoms with Crippen LogP contribution in [-0.2, 0) is 16.4 Å². The first-order valence-corrected chi connectivity index (χ1v) is 27.4. The van der Waals surface area contributed by atoms with Crippen LogP contribution >= 0.6 is 17.0 Å². The third kappa shape index (κ3) is 5.12. The molecule has 0 nitrogen and oxygen atoms in total. The molecule has 0 aliphatic heterocycles. The summed E-state index contributed by atoms with van der Waals surface area (Å²) in [5.41, 5.74) is 23.6. The van der Waals surface area contributed by atoms with Gasteiger partial charge in [0.25, 0.3) is 0 Å².